The van der Waals surface area contributed by atoms with Crippen molar-refractivity contribution in [3.8, 4) is 11.6 Å². The Morgan fingerprint density at radius 2 is 2.00 bits per heavy atom. The van der Waals surface area contributed by atoms with Crippen molar-refractivity contribution in [1.29, 1.82) is 0 Å². The first-order valence-electron chi connectivity index (χ1n) is 6.28. The third-order valence-electron chi connectivity index (χ3n) is 2.83. The molecule has 0 aliphatic heterocycles. The van der Waals surface area contributed by atoms with Crippen molar-refractivity contribution in [3.63, 3.8) is 0 Å². The lowest BCUT2D eigenvalue weighted by Gasteiger charge is -2.08. The summed E-state index contributed by atoms with van der Waals surface area (Å²) in [6.07, 6.45) is 2.63. The van der Waals surface area contributed by atoms with Crippen LogP contribution in [0.25, 0.3) is 0 Å². The monoisotopic (exact) mass is 276 g/mol. The topological polar surface area (TPSA) is 34.1 Å². The smallest absolute Gasteiger partial charge is 0.219 e. The van der Waals surface area contributed by atoms with Crippen LogP contribution in [0.4, 0.5) is 0 Å². The molecule has 1 aromatic heterocycles. The second-order valence-electron chi connectivity index (χ2n) is 4.24. The minimum atomic E-state index is 0.555. The number of nitrogens with one attached hydrogen (secondary N) is 1. The van der Waals surface area contributed by atoms with E-state index < -0.39 is 0 Å². The fourth-order valence-electron chi connectivity index (χ4n) is 1.75. The van der Waals surface area contributed by atoms with Gasteiger partial charge >= 0.3 is 0 Å². The summed E-state index contributed by atoms with van der Waals surface area (Å²) < 4.78 is 5.72. The van der Waals surface area contributed by atoms with Crippen molar-refractivity contribution >= 4 is 11.6 Å². The first-order valence-corrected chi connectivity index (χ1v) is 6.66. The summed E-state index contributed by atoms with van der Waals surface area (Å²) in [4.78, 5) is 4.18. The van der Waals surface area contributed by atoms with Crippen LogP contribution in [-0.4, -0.2) is 12.0 Å². The maximum absolute atomic E-state index is 6.06. The van der Waals surface area contributed by atoms with Crippen molar-refractivity contribution in [3.05, 3.63) is 52.7 Å². The number of benzene rings is 1. The molecule has 3 nitrogen and oxygen atoms in total. The summed E-state index contributed by atoms with van der Waals surface area (Å²) in [5, 5.41) is 3.70. The Morgan fingerprint density at radius 1 is 1.26 bits per heavy atom. The number of pyridine rings is 1. The van der Waals surface area contributed by atoms with Crippen LogP contribution in [0.2, 0.25) is 5.02 Å². The molecule has 0 unspecified atom stereocenters. The van der Waals surface area contributed by atoms with Crippen molar-refractivity contribution in [2.24, 2.45) is 0 Å². The highest BCUT2D eigenvalue weighted by Crippen LogP contribution is 2.24. The van der Waals surface area contributed by atoms with Gasteiger partial charge in [0.25, 0.3) is 0 Å². The molecule has 2 rings (SSSR count). The highest BCUT2D eigenvalue weighted by molar-refractivity contribution is 6.31. The fourth-order valence-corrected chi connectivity index (χ4v) is 1.92. The fraction of sp³-hybridized carbons (Fsp3) is 0.267. The average Bonchev–Trinajstić information content (AvgIpc) is 2.44. The SMILES string of the molecule is CCc1ccc(Oc2cc(CNC)c(Cl)cn2)cc1. The quantitative estimate of drug-likeness (QED) is 0.902. The molecule has 0 bridgehead atoms. The Hall–Kier alpha value is -1.58. The van der Waals surface area contributed by atoms with Crippen LogP contribution in [0.15, 0.2) is 36.5 Å². The van der Waals surface area contributed by atoms with E-state index >= 15 is 0 Å². The summed E-state index contributed by atoms with van der Waals surface area (Å²) in [6.45, 7) is 2.81. The zero-order valence-electron chi connectivity index (χ0n) is 11.1. The molecular formula is C15H17ClN2O. The van der Waals surface area contributed by atoms with E-state index in [4.69, 9.17) is 16.3 Å². The van der Waals surface area contributed by atoms with Crippen LogP contribution in [-0.2, 0) is 13.0 Å². The minimum Gasteiger partial charge on any atom is -0.439 e. The predicted octanol–water partition coefficient (Wildman–Crippen LogP) is 3.81. The number of rotatable bonds is 5. The molecule has 0 spiro atoms. The number of hydrogen-bond donors (Lipinski definition) is 1. The number of hydrogen-bond acceptors (Lipinski definition) is 3. The molecule has 0 saturated heterocycles. The van der Waals surface area contributed by atoms with E-state index in [0.717, 1.165) is 17.7 Å². The first-order chi connectivity index (χ1) is 9.22. The molecule has 1 heterocycles. The predicted molar refractivity (Wildman–Crippen MR) is 77.9 cm³/mol. The van der Waals surface area contributed by atoms with Crippen LogP contribution >= 0.6 is 11.6 Å². The van der Waals surface area contributed by atoms with Gasteiger partial charge in [-0.2, -0.15) is 0 Å². The molecule has 0 aliphatic carbocycles. The van der Waals surface area contributed by atoms with Gasteiger partial charge in [-0.3, -0.25) is 0 Å². The van der Waals surface area contributed by atoms with E-state index in [9.17, 15) is 0 Å². The highest BCUT2D eigenvalue weighted by atomic mass is 35.5. The molecule has 0 radical (unpaired) electrons. The highest BCUT2D eigenvalue weighted by Gasteiger charge is 2.04. The second kappa shape index (κ2) is 6.55. The maximum Gasteiger partial charge on any atom is 0.219 e. The average molecular weight is 277 g/mol. The second-order valence-corrected chi connectivity index (χ2v) is 4.65. The first kappa shape index (κ1) is 13.8. The van der Waals surface area contributed by atoms with Gasteiger partial charge in [-0.1, -0.05) is 30.7 Å². The summed E-state index contributed by atoms with van der Waals surface area (Å²) in [7, 11) is 1.88. The molecule has 0 atom stereocenters. The molecule has 0 fully saturated rings. The van der Waals surface area contributed by atoms with Gasteiger partial charge in [-0.05, 0) is 36.7 Å². The molecule has 4 heteroatoms. The number of ether oxygens (including phenoxy) is 1. The van der Waals surface area contributed by atoms with Crippen molar-refractivity contribution in [2.75, 3.05) is 7.05 Å². The number of aryl methyl sites for hydroxylation is 1. The van der Waals surface area contributed by atoms with Crippen LogP contribution in [0.5, 0.6) is 11.6 Å². The molecule has 1 N–H and O–H groups in total. The maximum atomic E-state index is 6.06. The van der Waals surface area contributed by atoms with Crippen LogP contribution < -0.4 is 10.1 Å². The summed E-state index contributed by atoms with van der Waals surface area (Å²) in [5.41, 5.74) is 2.26. The molecule has 2 aromatic rings. The third kappa shape index (κ3) is 3.69. The minimum absolute atomic E-state index is 0.555. The van der Waals surface area contributed by atoms with Gasteiger partial charge in [-0.15, -0.1) is 0 Å². The van der Waals surface area contributed by atoms with E-state index in [1.165, 1.54) is 5.56 Å². The van der Waals surface area contributed by atoms with Gasteiger partial charge in [0.05, 0.1) is 5.02 Å². The van der Waals surface area contributed by atoms with Crippen molar-refractivity contribution in [1.82, 2.24) is 10.3 Å². The van der Waals surface area contributed by atoms with Crippen LogP contribution in [0, 0.1) is 0 Å². The van der Waals surface area contributed by atoms with E-state index in [-0.39, 0.29) is 0 Å². The Balaban J connectivity index is 2.15. The van der Waals surface area contributed by atoms with Crippen LogP contribution in [0.3, 0.4) is 0 Å². The van der Waals surface area contributed by atoms with Crippen molar-refractivity contribution < 1.29 is 4.74 Å². The van der Waals surface area contributed by atoms with E-state index in [0.29, 0.717) is 17.4 Å². The Labute approximate surface area is 118 Å². The summed E-state index contributed by atoms with van der Waals surface area (Å²) in [6, 6.07) is 9.87. The molecule has 0 aliphatic rings. The zero-order chi connectivity index (χ0) is 13.7. The molecule has 19 heavy (non-hydrogen) atoms. The lowest BCUT2D eigenvalue weighted by molar-refractivity contribution is 0.461. The number of nitrogens with zero attached hydrogens (tertiary/aromatic N) is 1. The molecule has 1 aromatic carbocycles. The van der Waals surface area contributed by atoms with Crippen LogP contribution in [0.1, 0.15) is 18.1 Å². The normalized spacial score (nSPS) is 10.5. The lowest BCUT2D eigenvalue weighted by Crippen LogP contribution is -2.06. The van der Waals surface area contributed by atoms with E-state index in [1.54, 1.807) is 6.20 Å². The van der Waals surface area contributed by atoms with Gasteiger partial charge in [0.2, 0.25) is 5.88 Å². The largest absolute Gasteiger partial charge is 0.439 e. The van der Waals surface area contributed by atoms with Gasteiger partial charge < -0.3 is 10.1 Å². The Bertz CT molecular complexity index is 540. The molecule has 100 valence electrons. The summed E-state index contributed by atoms with van der Waals surface area (Å²) in [5.74, 6) is 1.33. The Morgan fingerprint density at radius 3 is 2.63 bits per heavy atom. The van der Waals surface area contributed by atoms with Gasteiger partial charge in [-0.25, -0.2) is 4.98 Å². The number of halogens is 1. The van der Waals surface area contributed by atoms with E-state index in [2.05, 4.69) is 29.4 Å². The van der Waals surface area contributed by atoms with Gasteiger partial charge in [0, 0.05) is 18.8 Å². The summed E-state index contributed by atoms with van der Waals surface area (Å²) >= 11 is 6.06. The number of aromatic nitrogens is 1. The lowest BCUT2D eigenvalue weighted by atomic mass is 10.2. The standard InChI is InChI=1S/C15H17ClN2O/c1-3-11-4-6-13(7-5-11)19-15-8-12(9-17-2)14(16)10-18-15/h4-8,10,17H,3,9H2,1-2H3. The molecular weight excluding hydrogens is 260 g/mol. The third-order valence-corrected chi connectivity index (χ3v) is 3.17. The van der Waals surface area contributed by atoms with E-state index in [1.807, 2.05) is 25.2 Å². The zero-order valence-corrected chi connectivity index (χ0v) is 11.9. The molecule has 0 amide bonds. The van der Waals surface area contributed by atoms with Gasteiger partial charge in [0.15, 0.2) is 0 Å². The Kier molecular flexibility index (Phi) is 4.77. The molecule has 0 saturated carbocycles. The van der Waals surface area contributed by atoms with Crippen molar-refractivity contribution in [2.45, 2.75) is 19.9 Å². The van der Waals surface area contributed by atoms with Gasteiger partial charge in [0.1, 0.15) is 5.75 Å².